The van der Waals surface area contributed by atoms with Gasteiger partial charge in [0, 0.05) is 23.7 Å². The highest BCUT2D eigenvalue weighted by molar-refractivity contribution is 6.30. The molecule has 31 heavy (non-hydrogen) atoms. The van der Waals surface area contributed by atoms with Crippen molar-refractivity contribution in [3.05, 3.63) is 106 Å². The van der Waals surface area contributed by atoms with Crippen molar-refractivity contribution < 1.29 is 9.90 Å². The van der Waals surface area contributed by atoms with Gasteiger partial charge in [-0.05, 0) is 66.4 Å². The molecule has 0 aliphatic carbocycles. The number of benzene rings is 3. The van der Waals surface area contributed by atoms with Crippen LogP contribution in [-0.4, -0.2) is 24.1 Å². The maximum absolute atomic E-state index is 12.6. The number of hydrogen-bond donors (Lipinski definition) is 3. The highest BCUT2D eigenvalue weighted by Gasteiger charge is 2.09. The van der Waals surface area contributed by atoms with Crippen molar-refractivity contribution in [1.29, 1.82) is 0 Å². The fourth-order valence-corrected chi connectivity index (χ4v) is 3.41. The number of phenolic OH excluding ortho intramolecular Hbond substituents is 1. The molecule has 0 saturated heterocycles. The Bertz CT molecular complexity index is 1020. The molecule has 0 bridgehead atoms. The van der Waals surface area contributed by atoms with Crippen LogP contribution in [0.5, 0.6) is 5.75 Å². The van der Waals surface area contributed by atoms with Gasteiger partial charge in [-0.2, -0.15) is 0 Å². The van der Waals surface area contributed by atoms with E-state index in [2.05, 4.69) is 10.6 Å². The Kier molecular flexibility index (Phi) is 8.71. The van der Waals surface area contributed by atoms with Crippen LogP contribution in [0.1, 0.15) is 33.5 Å². The third-order valence-corrected chi connectivity index (χ3v) is 5.09. The zero-order valence-corrected chi connectivity index (χ0v) is 18.1. The van der Waals surface area contributed by atoms with Crippen LogP contribution in [0.15, 0.2) is 78.9 Å². The monoisotopic (exact) mass is 434 g/mol. The van der Waals surface area contributed by atoms with Gasteiger partial charge in [0.2, 0.25) is 0 Å². The van der Waals surface area contributed by atoms with Gasteiger partial charge in [0.05, 0.1) is 0 Å². The normalized spacial score (nSPS) is 11.0. The number of nitrogens with one attached hydrogen (secondary N) is 2. The van der Waals surface area contributed by atoms with E-state index in [1.54, 1.807) is 12.1 Å². The molecule has 1 amide bonds. The summed E-state index contributed by atoms with van der Waals surface area (Å²) in [6.07, 6.45) is 5.63. The molecular weight excluding hydrogens is 408 g/mol. The minimum Gasteiger partial charge on any atom is -0.508 e. The molecule has 0 spiro atoms. The molecule has 3 aromatic rings. The lowest BCUT2D eigenvalue weighted by molar-refractivity contribution is 0.0953. The molecule has 0 saturated carbocycles. The van der Waals surface area contributed by atoms with Gasteiger partial charge in [0.25, 0.3) is 5.91 Å². The second kappa shape index (κ2) is 11.9. The van der Waals surface area contributed by atoms with Gasteiger partial charge in [0.1, 0.15) is 5.75 Å². The summed E-state index contributed by atoms with van der Waals surface area (Å²) in [6.45, 7) is 1.98. The summed E-state index contributed by atoms with van der Waals surface area (Å²) in [5, 5.41) is 16.4. The van der Waals surface area contributed by atoms with Crippen LogP contribution in [0.4, 0.5) is 0 Å². The highest BCUT2D eigenvalue weighted by atomic mass is 35.5. The fourth-order valence-electron chi connectivity index (χ4n) is 3.21. The summed E-state index contributed by atoms with van der Waals surface area (Å²) in [6, 6.07) is 22.5. The SMILES string of the molecule is O=C(NCCC=Cc1cccc(Cl)c1)c1ccccc1CNCCc1ccc(O)cc1. The number of rotatable bonds is 10. The second-order valence-electron chi connectivity index (χ2n) is 7.25. The van der Waals surface area contributed by atoms with Crippen molar-refractivity contribution in [2.75, 3.05) is 13.1 Å². The van der Waals surface area contributed by atoms with Gasteiger partial charge in [-0.3, -0.25) is 4.79 Å². The molecule has 0 fully saturated rings. The fraction of sp³-hybridized carbons (Fsp3) is 0.192. The van der Waals surface area contributed by atoms with Gasteiger partial charge in [-0.15, -0.1) is 0 Å². The van der Waals surface area contributed by atoms with E-state index in [1.807, 2.05) is 72.8 Å². The number of carbonyl (C=O) groups excluding carboxylic acids is 1. The van der Waals surface area contributed by atoms with Crippen LogP contribution in [0.2, 0.25) is 5.02 Å². The summed E-state index contributed by atoms with van der Waals surface area (Å²) in [5.74, 6) is 0.212. The lowest BCUT2D eigenvalue weighted by atomic mass is 10.1. The molecule has 0 aliphatic rings. The molecule has 5 heteroatoms. The standard InChI is InChI=1S/C26H27ClN2O2/c27-23-9-5-7-21(18-23)6-3-4-16-29-26(31)25-10-2-1-8-22(25)19-28-17-15-20-11-13-24(30)14-12-20/h1-3,5-14,18,28,30H,4,15-17,19H2,(H,29,31). The predicted octanol–water partition coefficient (Wildman–Crippen LogP) is 5.21. The molecule has 3 aromatic carbocycles. The third-order valence-electron chi connectivity index (χ3n) is 4.86. The van der Waals surface area contributed by atoms with Crippen LogP contribution in [0.25, 0.3) is 6.08 Å². The van der Waals surface area contributed by atoms with Crippen LogP contribution in [-0.2, 0) is 13.0 Å². The van der Waals surface area contributed by atoms with Gasteiger partial charge < -0.3 is 15.7 Å². The summed E-state index contributed by atoms with van der Waals surface area (Å²) >= 11 is 5.99. The molecule has 3 N–H and O–H groups in total. The first kappa shape index (κ1) is 22.6. The average Bonchev–Trinajstić information content (AvgIpc) is 2.78. The first-order valence-electron chi connectivity index (χ1n) is 10.4. The largest absolute Gasteiger partial charge is 0.508 e. The number of amides is 1. The van der Waals surface area contributed by atoms with Crippen molar-refractivity contribution in [3.8, 4) is 5.75 Å². The Morgan fingerprint density at radius 3 is 2.58 bits per heavy atom. The molecule has 0 heterocycles. The molecule has 4 nitrogen and oxygen atoms in total. The zero-order valence-electron chi connectivity index (χ0n) is 17.4. The number of phenols is 1. The van der Waals surface area contributed by atoms with E-state index in [0.717, 1.165) is 36.1 Å². The molecule has 0 radical (unpaired) electrons. The van der Waals surface area contributed by atoms with E-state index in [9.17, 15) is 9.90 Å². The maximum Gasteiger partial charge on any atom is 0.251 e. The Morgan fingerprint density at radius 2 is 1.77 bits per heavy atom. The maximum atomic E-state index is 12.6. The Labute approximate surface area is 188 Å². The Morgan fingerprint density at radius 1 is 0.968 bits per heavy atom. The van der Waals surface area contributed by atoms with Crippen molar-refractivity contribution in [2.45, 2.75) is 19.4 Å². The van der Waals surface area contributed by atoms with E-state index in [1.165, 1.54) is 0 Å². The second-order valence-corrected chi connectivity index (χ2v) is 7.69. The van der Waals surface area contributed by atoms with Crippen molar-refractivity contribution in [1.82, 2.24) is 10.6 Å². The lowest BCUT2D eigenvalue weighted by Crippen LogP contribution is -2.26. The molecule has 0 aromatic heterocycles. The van der Waals surface area contributed by atoms with Crippen LogP contribution in [0, 0.1) is 0 Å². The van der Waals surface area contributed by atoms with Gasteiger partial charge in [-0.25, -0.2) is 0 Å². The van der Waals surface area contributed by atoms with Gasteiger partial charge in [0.15, 0.2) is 0 Å². The minimum atomic E-state index is -0.0629. The van der Waals surface area contributed by atoms with E-state index < -0.39 is 0 Å². The summed E-state index contributed by atoms with van der Waals surface area (Å²) in [4.78, 5) is 12.6. The minimum absolute atomic E-state index is 0.0629. The van der Waals surface area contributed by atoms with Crippen molar-refractivity contribution in [2.24, 2.45) is 0 Å². The number of hydrogen-bond acceptors (Lipinski definition) is 3. The Hall–Kier alpha value is -3.08. The van der Waals surface area contributed by atoms with Crippen molar-refractivity contribution in [3.63, 3.8) is 0 Å². The Balaban J connectivity index is 1.44. The lowest BCUT2D eigenvalue weighted by Gasteiger charge is -2.11. The van der Waals surface area contributed by atoms with Crippen LogP contribution < -0.4 is 10.6 Å². The van der Waals surface area contributed by atoms with Gasteiger partial charge in [-0.1, -0.05) is 66.2 Å². The summed E-state index contributed by atoms with van der Waals surface area (Å²) < 4.78 is 0. The molecule has 3 rings (SSSR count). The molecule has 0 atom stereocenters. The number of aromatic hydroxyl groups is 1. The number of carbonyl (C=O) groups is 1. The highest BCUT2D eigenvalue weighted by Crippen LogP contribution is 2.13. The van der Waals surface area contributed by atoms with E-state index >= 15 is 0 Å². The van der Waals surface area contributed by atoms with E-state index in [-0.39, 0.29) is 11.7 Å². The molecule has 0 aliphatic heterocycles. The van der Waals surface area contributed by atoms with Crippen molar-refractivity contribution >= 4 is 23.6 Å². The first-order chi connectivity index (χ1) is 15.1. The van der Waals surface area contributed by atoms with Crippen LogP contribution in [0.3, 0.4) is 0 Å². The van der Waals surface area contributed by atoms with Gasteiger partial charge >= 0.3 is 0 Å². The smallest absolute Gasteiger partial charge is 0.251 e. The van der Waals surface area contributed by atoms with E-state index in [4.69, 9.17) is 11.6 Å². The van der Waals surface area contributed by atoms with Crippen LogP contribution >= 0.6 is 11.6 Å². The average molecular weight is 435 g/mol. The summed E-state index contributed by atoms with van der Waals surface area (Å²) in [7, 11) is 0. The van der Waals surface area contributed by atoms with E-state index in [0.29, 0.717) is 23.7 Å². The summed E-state index contributed by atoms with van der Waals surface area (Å²) in [5.41, 5.74) is 3.86. The number of halogens is 1. The molecule has 0 unspecified atom stereocenters. The quantitative estimate of drug-likeness (QED) is 0.384. The molecule has 160 valence electrons. The zero-order chi connectivity index (χ0) is 21.9. The topological polar surface area (TPSA) is 61.4 Å². The first-order valence-corrected chi connectivity index (χ1v) is 10.8. The predicted molar refractivity (Wildman–Crippen MR) is 127 cm³/mol. The molecular formula is C26H27ClN2O2. The third kappa shape index (κ3) is 7.59.